The Morgan fingerprint density at radius 1 is 1.09 bits per heavy atom. The third kappa shape index (κ3) is 4.76. The molecule has 2 bridgehead atoms. The average molecular weight is 498 g/mol. The molecule has 3 atom stereocenters. The zero-order valence-electron chi connectivity index (χ0n) is 21.2. The molecule has 35 heavy (non-hydrogen) atoms. The number of phenols is 1. The Labute approximate surface area is 210 Å². The van der Waals surface area contributed by atoms with Gasteiger partial charge in [0.2, 0.25) is 10.0 Å². The van der Waals surface area contributed by atoms with Gasteiger partial charge in [-0.25, -0.2) is 12.7 Å². The summed E-state index contributed by atoms with van der Waals surface area (Å²) in [5.41, 5.74) is 3.52. The largest absolute Gasteiger partial charge is 0.508 e. The highest BCUT2D eigenvalue weighted by Gasteiger charge is 2.51. The lowest BCUT2D eigenvalue weighted by atomic mass is 9.61. The van der Waals surface area contributed by atoms with Crippen LogP contribution in [-0.4, -0.2) is 80.0 Å². The van der Waals surface area contributed by atoms with Crippen molar-refractivity contribution in [3.8, 4) is 5.75 Å². The molecule has 2 aromatic rings. The second-order valence-electron chi connectivity index (χ2n) is 11.2. The number of likely N-dealkylation sites (tertiary alicyclic amines) is 1. The first-order valence-electron chi connectivity index (χ1n) is 12.9. The Hall–Kier alpha value is -1.93. The third-order valence-electron chi connectivity index (χ3n) is 8.88. The molecular weight excluding hydrogens is 458 g/mol. The van der Waals surface area contributed by atoms with Gasteiger partial charge in [-0.2, -0.15) is 0 Å². The number of nitrogens with zero attached hydrogens (tertiary/aromatic N) is 3. The van der Waals surface area contributed by atoms with E-state index >= 15 is 0 Å². The van der Waals surface area contributed by atoms with Gasteiger partial charge >= 0.3 is 0 Å². The van der Waals surface area contributed by atoms with E-state index in [0.717, 1.165) is 44.3 Å². The van der Waals surface area contributed by atoms with Crippen LogP contribution in [-0.2, 0) is 27.6 Å². The Bertz CT molecular complexity index is 1150. The molecule has 0 saturated carbocycles. The van der Waals surface area contributed by atoms with Crippen molar-refractivity contribution >= 4 is 10.0 Å². The Kier molecular flexibility index (Phi) is 6.72. The molecule has 1 N–H and O–H groups in total. The number of rotatable bonds is 6. The number of piperidine rings is 2. The van der Waals surface area contributed by atoms with Gasteiger partial charge < -0.3 is 14.9 Å². The van der Waals surface area contributed by atoms with Crippen molar-refractivity contribution in [3.63, 3.8) is 0 Å². The molecule has 2 saturated heterocycles. The molecule has 3 aliphatic rings. The van der Waals surface area contributed by atoms with Gasteiger partial charge in [0.1, 0.15) is 5.75 Å². The van der Waals surface area contributed by atoms with Crippen LogP contribution in [0.5, 0.6) is 5.75 Å². The predicted octanol–water partition coefficient (Wildman–Crippen LogP) is 3.45. The number of benzene rings is 2. The highest BCUT2D eigenvalue weighted by molar-refractivity contribution is 7.88. The van der Waals surface area contributed by atoms with E-state index < -0.39 is 10.0 Å². The molecule has 7 heteroatoms. The quantitative estimate of drug-likeness (QED) is 0.662. The van der Waals surface area contributed by atoms with Crippen LogP contribution in [0.15, 0.2) is 48.5 Å². The monoisotopic (exact) mass is 497 g/mol. The number of fused-ring (bicyclic) bond motifs is 4. The van der Waals surface area contributed by atoms with Gasteiger partial charge in [0.05, 0.1) is 5.75 Å². The molecule has 0 aromatic heterocycles. The van der Waals surface area contributed by atoms with E-state index in [-0.39, 0.29) is 11.2 Å². The number of sulfonamides is 1. The van der Waals surface area contributed by atoms with E-state index in [0.29, 0.717) is 36.8 Å². The van der Waals surface area contributed by atoms with Crippen LogP contribution in [0.25, 0.3) is 0 Å². The first-order valence-corrected chi connectivity index (χ1v) is 14.5. The van der Waals surface area contributed by atoms with Gasteiger partial charge in [-0.05, 0) is 81.1 Å². The number of likely N-dealkylation sites (N-methyl/N-ethyl adjacent to an activating group) is 2. The molecule has 0 amide bonds. The Morgan fingerprint density at radius 3 is 2.51 bits per heavy atom. The minimum atomic E-state index is -3.29. The summed E-state index contributed by atoms with van der Waals surface area (Å²) in [6.45, 7) is 5.64. The summed E-state index contributed by atoms with van der Waals surface area (Å²) < 4.78 is 27.6. The fraction of sp³-hybridized carbons (Fsp3) is 0.571. The Morgan fingerprint density at radius 2 is 1.80 bits per heavy atom. The van der Waals surface area contributed by atoms with E-state index in [9.17, 15) is 13.5 Å². The van der Waals surface area contributed by atoms with Crippen LogP contribution in [0.3, 0.4) is 0 Å². The summed E-state index contributed by atoms with van der Waals surface area (Å²) in [5.74, 6) is 0.926. The fourth-order valence-corrected chi connectivity index (χ4v) is 8.56. The molecule has 1 aliphatic carbocycles. The van der Waals surface area contributed by atoms with Gasteiger partial charge in [0, 0.05) is 37.1 Å². The van der Waals surface area contributed by atoms with E-state index in [1.165, 1.54) is 11.1 Å². The Balaban J connectivity index is 1.26. The normalized spacial score (nSPS) is 28.2. The van der Waals surface area contributed by atoms with Gasteiger partial charge in [0.25, 0.3) is 0 Å². The minimum Gasteiger partial charge on any atom is -0.508 e. The molecule has 0 unspecified atom stereocenters. The van der Waals surface area contributed by atoms with E-state index in [1.807, 2.05) is 42.5 Å². The van der Waals surface area contributed by atoms with Gasteiger partial charge in [-0.3, -0.25) is 0 Å². The summed E-state index contributed by atoms with van der Waals surface area (Å²) in [6.07, 6.45) is 3.88. The summed E-state index contributed by atoms with van der Waals surface area (Å²) in [5, 5.41) is 10.2. The summed E-state index contributed by atoms with van der Waals surface area (Å²) in [6, 6.07) is 16.2. The number of hydrogen-bond donors (Lipinski definition) is 1. The zero-order valence-corrected chi connectivity index (χ0v) is 22.0. The third-order valence-corrected chi connectivity index (χ3v) is 10.7. The molecule has 5 rings (SSSR count). The van der Waals surface area contributed by atoms with Gasteiger partial charge in [0.15, 0.2) is 0 Å². The molecule has 6 nitrogen and oxygen atoms in total. The molecule has 2 aromatic carbocycles. The second kappa shape index (κ2) is 9.51. The van der Waals surface area contributed by atoms with Crippen LogP contribution in [0.1, 0.15) is 42.9 Å². The zero-order chi connectivity index (χ0) is 24.8. The average Bonchev–Trinajstić information content (AvgIpc) is 2.83. The van der Waals surface area contributed by atoms with Crippen LogP contribution in [0.4, 0.5) is 0 Å². The maximum Gasteiger partial charge on any atom is 0.218 e. The highest BCUT2D eigenvalue weighted by atomic mass is 32.2. The van der Waals surface area contributed by atoms with Crippen molar-refractivity contribution in [3.05, 3.63) is 65.2 Å². The lowest BCUT2D eigenvalue weighted by molar-refractivity contribution is -0.00615. The van der Waals surface area contributed by atoms with Gasteiger partial charge in [-0.15, -0.1) is 0 Å². The number of phenolic OH excluding ortho intramolecular Hbond substituents is 1. The van der Waals surface area contributed by atoms with E-state index in [2.05, 4.69) is 36.9 Å². The fourth-order valence-electron chi connectivity index (χ4n) is 7.00. The van der Waals surface area contributed by atoms with Crippen molar-refractivity contribution in [2.45, 2.75) is 55.9 Å². The lowest BCUT2D eigenvalue weighted by Crippen LogP contribution is -2.66. The highest BCUT2D eigenvalue weighted by Crippen LogP contribution is 2.47. The predicted molar refractivity (Wildman–Crippen MR) is 140 cm³/mol. The standard InChI is InChI=1S/C28H39N3O3S/c1-28-13-16-29(2)26(17-23-9-10-24(32)18-25(23)28)27(28)30(3)19-21-11-14-31(15-12-21)35(33,34)20-22-7-5-4-6-8-22/h4-10,18,21,26-27,32H,11-17,19-20H2,1-3H3/t26-,27+,28-/m1/s1. The maximum atomic E-state index is 13.0. The first kappa shape index (κ1) is 24.8. The lowest BCUT2D eigenvalue weighted by Gasteiger charge is -2.58. The van der Waals surface area contributed by atoms with Crippen molar-refractivity contribution in [2.75, 3.05) is 40.3 Å². The van der Waals surface area contributed by atoms with Crippen molar-refractivity contribution < 1.29 is 13.5 Å². The van der Waals surface area contributed by atoms with E-state index in [1.54, 1.807) is 4.31 Å². The van der Waals surface area contributed by atoms with E-state index in [4.69, 9.17) is 0 Å². The molecule has 0 spiro atoms. The molecule has 190 valence electrons. The molecule has 2 aliphatic heterocycles. The summed E-state index contributed by atoms with van der Waals surface area (Å²) >= 11 is 0. The SMILES string of the molecule is CN1CC[C@]2(C)c3cc(O)ccc3C[C@@H]1[C@@H]2N(C)CC1CCN(S(=O)(=O)Cc2ccccc2)CC1. The van der Waals surface area contributed by atoms with Crippen LogP contribution >= 0.6 is 0 Å². The molecule has 2 heterocycles. The second-order valence-corrected chi connectivity index (χ2v) is 13.2. The molecule has 0 radical (unpaired) electrons. The number of hydrogen-bond acceptors (Lipinski definition) is 5. The van der Waals surface area contributed by atoms with Gasteiger partial charge in [-0.1, -0.05) is 43.3 Å². The summed E-state index contributed by atoms with van der Waals surface area (Å²) in [7, 11) is 1.21. The van der Waals surface area contributed by atoms with Crippen LogP contribution < -0.4 is 0 Å². The van der Waals surface area contributed by atoms with Crippen molar-refractivity contribution in [1.82, 2.24) is 14.1 Å². The summed E-state index contributed by atoms with van der Waals surface area (Å²) in [4.78, 5) is 5.06. The maximum absolute atomic E-state index is 13.0. The molecule has 2 fully saturated rings. The minimum absolute atomic E-state index is 0.00201. The number of aromatic hydroxyl groups is 1. The topological polar surface area (TPSA) is 64.1 Å². The van der Waals surface area contributed by atoms with Crippen LogP contribution in [0.2, 0.25) is 0 Å². The van der Waals surface area contributed by atoms with Crippen molar-refractivity contribution in [2.24, 2.45) is 5.92 Å². The van der Waals surface area contributed by atoms with Crippen LogP contribution in [0, 0.1) is 5.92 Å². The first-order chi connectivity index (χ1) is 16.7. The smallest absolute Gasteiger partial charge is 0.218 e. The van der Waals surface area contributed by atoms with Crippen molar-refractivity contribution in [1.29, 1.82) is 0 Å². The molecular formula is C28H39N3O3S.